The zero-order valence-electron chi connectivity index (χ0n) is 16.4. The number of nitrogens with zero attached hydrogens (tertiary/aromatic N) is 4. The highest BCUT2D eigenvalue weighted by atomic mass is 32.2. The van der Waals surface area contributed by atoms with Gasteiger partial charge in [-0.3, -0.25) is 4.90 Å². The molecule has 0 radical (unpaired) electrons. The number of unbranched alkanes of at least 4 members (excludes halogenated alkanes) is 2. The van der Waals surface area contributed by atoms with E-state index in [0.29, 0.717) is 62.0 Å². The van der Waals surface area contributed by atoms with E-state index >= 15 is 0 Å². The van der Waals surface area contributed by atoms with Gasteiger partial charge in [-0.2, -0.15) is 9.29 Å². The van der Waals surface area contributed by atoms with Gasteiger partial charge < -0.3 is 4.52 Å². The molecule has 0 N–H and O–H groups in total. The maximum atomic E-state index is 13.7. The first-order valence-corrected chi connectivity index (χ1v) is 11.3. The summed E-state index contributed by atoms with van der Waals surface area (Å²) in [5.41, 5.74) is 1.14. The molecule has 0 spiro atoms. The molecule has 0 bridgehead atoms. The van der Waals surface area contributed by atoms with E-state index in [-0.39, 0.29) is 11.6 Å². The number of piperazine rings is 1. The fourth-order valence-corrected chi connectivity index (χ4v) is 4.74. The average molecular weight is 411 g/mol. The number of benzene rings is 1. The lowest BCUT2D eigenvalue weighted by atomic mass is 10.1. The van der Waals surface area contributed by atoms with Crippen molar-refractivity contribution in [2.75, 3.05) is 31.9 Å². The first-order valence-electron chi connectivity index (χ1n) is 9.68. The lowest BCUT2D eigenvalue weighted by Crippen LogP contribution is -2.48. The Morgan fingerprint density at radius 3 is 2.61 bits per heavy atom. The fraction of sp³-hybridized carbons (Fsp3) is 0.579. The summed E-state index contributed by atoms with van der Waals surface area (Å²) in [5, 5.41) is 3.93. The molecular weight excluding hydrogens is 383 g/mol. The molecule has 1 aliphatic heterocycles. The molecule has 1 aromatic heterocycles. The molecular formula is C19H27FN4O3S. The molecule has 28 heavy (non-hydrogen) atoms. The third-order valence-electron chi connectivity index (χ3n) is 4.99. The van der Waals surface area contributed by atoms with Gasteiger partial charge in [0.1, 0.15) is 5.82 Å². The van der Waals surface area contributed by atoms with Gasteiger partial charge in [0.05, 0.1) is 12.3 Å². The van der Waals surface area contributed by atoms with Gasteiger partial charge in [-0.1, -0.05) is 37.1 Å². The third-order valence-corrected chi connectivity index (χ3v) is 6.94. The Morgan fingerprint density at radius 2 is 1.93 bits per heavy atom. The maximum Gasteiger partial charge on any atom is 0.241 e. The molecule has 3 rings (SSSR count). The van der Waals surface area contributed by atoms with E-state index in [4.69, 9.17) is 4.52 Å². The van der Waals surface area contributed by atoms with Gasteiger partial charge >= 0.3 is 0 Å². The summed E-state index contributed by atoms with van der Waals surface area (Å²) in [6, 6.07) is 4.84. The molecule has 0 aliphatic carbocycles. The van der Waals surface area contributed by atoms with Gasteiger partial charge in [0.2, 0.25) is 21.7 Å². The molecule has 2 heterocycles. The molecule has 1 aromatic carbocycles. The maximum absolute atomic E-state index is 13.7. The van der Waals surface area contributed by atoms with E-state index in [1.807, 2.05) is 0 Å². The predicted molar refractivity (Wildman–Crippen MR) is 105 cm³/mol. The summed E-state index contributed by atoms with van der Waals surface area (Å²) < 4.78 is 45.3. The van der Waals surface area contributed by atoms with Crippen molar-refractivity contribution in [3.05, 3.63) is 35.5 Å². The number of aromatic nitrogens is 2. The standard InChI is InChI=1S/C19H27FN4O3S/c1-3-4-5-12-28(25,26)24-10-8-23(9-11-24)14-18-21-19(22-27-18)16-7-6-15(2)17(20)13-16/h6-7,13H,3-5,8-12,14H2,1-2H3. The zero-order chi connectivity index (χ0) is 20.1. The Morgan fingerprint density at radius 1 is 1.18 bits per heavy atom. The first kappa shape index (κ1) is 20.9. The third kappa shape index (κ3) is 5.15. The number of rotatable bonds is 8. The lowest BCUT2D eigenvalue weighted by molar-refractivity contribution is 0.163. The van der Waals surface area contributed by atoms with Gasteiger partial charge in [-0.05, 0) is 25.0 Å². The molecule has 0 unspecified atom stereocenters. The van der Waals surface area contributed by atoms with Crippen molar-refractivity contribution in [1.29, 1.82) is 0 Å². The van der Waals surface area contributed by atoms with Crippen molar-refractivity contribution in [2.45, 2.75) is 39.7 Å². The molecule has 9 heteroatoms. The van der Waals surface area contributed by atoms with Crippen LogP contribution in [-0.4, -0.2) is 59.7 Å². The fourth-order valence-electron chi connectivity index (χ4n) is 3.19. The quantitative estimate of drug-likeness (QED) is 0.623. The van der Waals surface area contributed by atoms with Crippen molar-refractivity contribution >= 4 is 10.0 Å². The van der Waals surface area contributed by atoms with Crippen LogP contribution in [-0.2, 0) is 16.6 Å². The minimum absolute atomic E-state index is 0.223. The number of hydrogen-bond donors (Lipinski definition) is 0. The second kappa shape index (κ2) is 9.11. The second-order valence-corrected chi connectivity index (χ2v) is 9.26. The summed E-state index contributed by atoms with van der Waals surface area (Å²) in [5.74, 6) is 0.711. The summed E-state index contributed by atoms with van der Waals surface area (Å²) in [4.78, 5) is 6.43. The van der Waals surface area contributed by atoms with Crippen LogP contribution in [0.2, 0.25) is 0 Å². The summed E-state index contributed by atoms with van der Waals surface area (Å²) in [6.45, 7) is 6.38. The molecule has 0 atom stereocenters. The van der Waals surface area contributed by atoms with E-state index in [2.05, 4.69) is 22.0 Å². The number of sulfonamides is 1. The Labute approximate surface area is 165 Å². The Balaban J connectivity index is 1.54. The normalized spacial score (nSPS) is 16.5. The predicted octanol–water partition coefficient (Wildman–Crippen LogP) is 2.82. The van der Waals surface area contributed by atoms with Gasteiger partial charge in [-0.15, -0.1) is 0 Å². The summed E-state index contributed by atoms with van der Waals surface area (Å²) >= 11 is 0. The number of aryl methyl sites for hydroxylation is 1. The number of halogens is 1. The zero-order valence-corrected chi connectivity index (χ0v) is 17.2. The smallest absolute Gasteiger partial charge is 0.241 e. The van der Waals surface area contributed by atoms with Crippen LogP contribution in [0.15, 0.2) is 22.7 Å². The van der Waals surface area contributed by atoms with E-state index in [1.165, 1.54) is 6.07 Å². The van der Waals surface area contributed by atoms with Gasteiger partial charge in [-0.25, -0.2) is 12.8 Å². The van der Waals surface area contributed by atoms with Crippen LogP contribution < -0.4 is 0 Å². The van der Waals surface area contributed by atoms with Crippen molar-refractivity contribution in [2.24, 2.45) is 0 Å². The molecule has 154 valence electrons. The molecule has 0 saturated carbocycles. The van der Waals surface area contributed by atoms with Crippen LogP contribution in [0.3, 0.4) is 0 Å². The van der Waals surface area contributed by atoms with Crippen LogP contribution in [0.4, 0.5) is 4.39 Å². The van der Waals surface area contributed by atoms with E-state index in [1.54, 1.807) is 23.4 Å². The van der Waals surface area contributed by atoms with Gasteiger partial charge in [0.25, 0.3) is 0 Å². The molecule has 2 aromatic rings. The Kier molecular flexibility index (Phi) is 6.79. The van der Waals surface area contributed by atoms with E-state index in [9.17, 15) is 12.8 Å². The molecule has 1 fully saturated rings. The van der Waals surface area contributed by atoms with E-state index in [0.717, 1.165) is 12.8 Å². The van der Waals surface area contributed by atoms with Crippen LogP contribution in [0.25, 0.3) is 11.4 Å². The number of hydrogen-bond acceptors (Lipinski definition) is 6. The minimum atomic E-state index is -3.17. The Bertz CT molecular complexity index is 892. The van der Waals surface area contributed by atoms with Gasteiger partial charge in [0.15, 0.2) is 0 Å². The first-order chi connectivity index (χ1) is 13.4. The van der Waals surface area contributed by atoms with Crippen LogP contribution >= 0.6 is 0 Å². The average Bonchev–Trinajstić information content (AvgIpc) is 3.13. The Hall–Kier alpha value is -1.84. The molecule has 7 nitrogen and oxygen atoms in total. The van der Waals surface area contributed by atoms with Crippen LogP contribution in [0.5, 0.6) is 0 Å². The summed E-state index contributed by atoms with van der Waals surface area (Å²) in [6.07, 6.45) is 2.65. The molecule has 1 aliphatic rings. The van der Waals surface area contributed by atoms with Crippen molar-refractivity contribution < 1.29 is 17.3 Å². The minimum Gasteiger partial charge on any atom is -0.338 e. The largest absolute Gasteiger partial charge is 0.338 e. The van der Waals surface area contributed by atoms with Gasteiger partial charge in [0, 0.05) is 31.7 Å². The SMILES string of the molecule is CCCCCS(=O)(=O)N1CCN(Cc2nc(-c3ccc(C)c(F)c3)no2)CC1. The van der Waals surface area contributed by atoms with Crippen LogP contribution in [0.1, 0.15) is 37.6 Å². The van der Waals surface area contributed by atoms with E-state index < -0.39 is 10.0 Å². The van der Waals surface area contributed by atoms with Crippen LogP contribution in [0, 0.1) is 12.7 Å². The highest BCUT2D eigenvalue weighted by Crippen LogP contribution is 2.20. The van der Waals surface area contributed by atoms with Crippen molar-refractivity contribution in [1.82, 2.24) is 19.3 Å². The topological polar surface area (TPSA) is 79.5 Å². The summed E-state index contributed by atoms with van der Waals surface area (Å²) in [7, 11) is -3.17. The highest BCUT2D eigenvalue weighted by Gasteiger charge is 2.27. The second-order valence-electron chi connectivity index (χ2n) is 7.17. The monoisotopic (exact) mass is 410 g/mol. The highest BCUT2D eigenvalue weighted by molar-refractivity contribution is 7.89. The van der Waals surface area contributed by atoms with Crippen molar-refractivity contribution in [3.63, 3.8) is 0 Å². The molecule has 0 amide bonds. The van der Waals surface area contributed by atoms with Crippen molar-refractivity contribution in [3.8, 4) is 11.4 Å². The lowest BCUT2D eigenvalue weighted by Gasteiger charge is -2.33. The molecule has 1 saturated heterocycles.